The van der Waals surface area contributed by atoms with Gasteiger partial charge >= 0.3 is 0 Å². The van der Waals surface area contributed by atoms with E-state index in [-0.39, 0.29) is 0 Å². The molecule has 0 atom stereocenters. The molecule has 0 unspecified atom stereocenters. The lowest BCUT2D eigenvalue weighted by Gasteiger charge is -2.01. The summed E-state index contributed by atoms with van der Waals surface area (Å²) in [5.74, 6) is 0.483. The van der Waals surface area contributed by atoms with E-state index in [0.29, 0.717) is 5.95 Å². The molecule has 0 bridgehead atoms. The van der Waals surface area contributed by atoms with E-state index in [1.165, 1.54) is 11.1 Å². The van der Waals surface area contributed by atoms with Gasteiger partial charge in [-0.05, 0) is 38.2 Å². The van der Waals surface area contributed by atoms with Crippen molar-refractivity contribution in [3.63, 3.8) is 0 Å². The zero-order chi connectivity index (χ0) is 19.5. The maximum absolute atomic E-state index is 5.57. The monoisotopic (exact) mass is 364 g/mol. The van der Waals surface area contributed by atoms with Crippen LogP contribution < -0.4 is 5.73 Å². The van der Waals surface area contributed by atoms with Gasteiger partial charge in [-0.1, -0.05) is 47.2 Å². The first-order valence-electron chi connectivity index (χ1n) is 9.09. The van der Waals surface area contributed by atoms with Gasteiger partial charge in [0.15, 0.2) is 5.95 Å². The first kappa shape index (κ1) is 20.2. The zero-order valence-electron chi connectivity index (χ0n) is 15.9. The highest BCUT2D eigenvalue weighted by Gasteiger charge is 2.03. The highest BCUT2D eigenvalue weighted by Crippen LogP contribution is 2.10. The fraction of sp³-hybridized carbons (Fsp3) is 0.286. The van der Waals surface area contributed by atoms with E-state index >= 15 is 0 Å². The number of nitrogen functional groups attached to an aromatic ring is 1. The number of unbranched alkanes of at least 4 members (excludes halogenated alkanes) is 1. The van der Waals surface area contributed by atoms with E-state index < -0.39 is 0 Å². The van der Waals surface area contributed by atoms with Crippen molar-refractivity contribution in [1.29, 1.82) is 0 Å². The molecule has 142 valence electrons. The molecule has 6 heteroatoms. The molecule has 0 aliphatic rings. The summed E-state index contributed by atoms with van der Waals surface area (Å²) in [5, 5.41) is 8.50. The van der Waals surface area contributed by atoms with E-state index in [1.54, 1.807) is 6.20 Å². The van der Waals surface area contributed by atoms with Crippen molar-refractivity contribution in [1.82, 2.24) is 25.0 Å². The highest BCUT2D eigenvalue weighted by atomic mass is 15.4. The van der Waals surface area contributed by atoms with Crippen LogP contribution in [0, 0.1) is 0 Å². The minimum atomic E-state index is 0.483. The molecule has 3 N–H and O–H groups in total. The van der Waals surface area contributed by atoms with E-state index in [4.69, 9.17) is 5.73 Å². The highest BCUT2D eigenvalue weighted by molar-refractivity contribution is 5.51. The number of allylic oxidation sites excluding steroid dienone is 1. The molecule has 0 spiro atoms. The van der Waals surface area contributed by atoms with Gasteiger partial charge in [0.2, 0.25) is 0 Å². The van der Waals surface area contributed by atoms with Gasteiger partial charge < -0.3 is 10.7 Å². The van der Waals surface area contributed by atoms with E-state index in [9.17, 15) is 0 Å². The molecule has 27 heavy (non-hydrogen) atoms. The third-order valence-electron chi connectivity index (χ3n) is 3.99. The van der Waals surface area contributed by atoms with E-state index in [1.807, 2.05) is 29.1 Å². The van der Waals surface area contributed by atoms with Gasteiger partial charge in [0.05, 0.1) is 18.4 Å². The Bertz CT molecular complexity index is 831. The molecule has 0 saturated carbocycles. The van der Waals surface area contributed by atoms with Gasteiger partial charge in [0.25, 0.3) is 0 Å². The molecule has 0 radical (unpaired) electrons. The molecule has 0 amide bonds. The van der Waals surface area contributed by atoms with Crippen LogP contribution in [-0.4, -0.2) is 25.0 Å². The topological polar surface area (TPSA) is 85.4 Å². The lowest BCUT2D eigenvalue weighted by atomic mass is 10.1. The van der Waals surface area contributed by atoms with Crippen molar-refractivity contribution in [3.05, 3.63) is 78.4 Å². The Hall–Kier alpha value is -3.15. The van der Waals surface area contributed by atoms with Crippen LogP contribution in [0.1, 0.15) is 36.7 Å². The maximum atomic E-state index is 5.57. The number of aryl methyl sites for hydroxylation is 2. The third kappa shape index (κ3) is 6.93. The van der Waals surface area contributed by atoms with Crippen molar-refractivity contribution < 1.29 is 0 Å². The Morgan fingerprint density at radius 3 is 2.63 bits per heavy atom. The van der Waals surface area contributed by atoms with E-state index in [2.05, 4.69) is 58.6 Å². The normalized spacial score (nSPS) is 11.1. The predicted octanol–water partition coefficient (Wildman–Crippen LogP) is 4.05. The van der Waals surface area contributed by atoms with Gasteiger partial charge in [0.1, 0.15) is 0 Å². The summed E-state index contributed by atoms with van der Waals surface area (Å²) in [6.07, 6.45) is 10.0. The smallest absolute Gasteiger partial charge is 0.197 e. The summed E-state index contributed by atoms with van der Waals surface area (Å²) < 4.78 is 1.90. The van der Waals surface area contributed by atoms with Crippen LogP contribution >= 0.6 is 0 Å². The average molecular weight is 364 g/mol. The standard InChI is InChI=1S/C19H24N6.C2H4/c1-15(11-16-7-3-2-4-8-16)13-25-14-18(23-24-25)10-6-5-9-17-12-21-19(20)22-17;1-2/h2-4,7-8,11-12,14H,5-6,9-10,13H2,1H3,(H3,20,21,22);1-2H2/b15-11+;. The van der Waals surface area contributed by atoms with Crippen LogP contribution in [0.4, 0.5) is 5.95 Å². The van der Waals surface area contributed by atoms with Gasteiger partial charge in [-0.25, -0.2) is 9.67 Å². The number of anilines is 1. The molecular weight excluding hydrogens is 336 g/mol. The summed E-state index contributed by atoms with van der Waals surface area (Å²) in [6.45, 7) is 8.87. The van der Waals surface area contributed by atoms with E-state index in [0.717, 1.165) is 43.6 Å². The molecule has 1 aromatic carbocycles. The van der Waals surface area contributed by atoms with Crippen molar-refractivity contribution in [3.8, 4) is 0 Å². The summed E-state index contributed by atoms with van der Waals surface area (Å²) in [4.78, 5) is 7.05. The minimum absolute atomic E-state index is 0.483. The number of imidazole rings is 1. The van der Waals surface area contributed by atoms with Crippen molar-refractivity contribution >= 4 is 12.0 Å². The van der Waals surface area contributed by atoms with Crippen LogP contribution in [-0.2, 0) is 19.4 Å². The first-order chi connectivity index (χ1) is 13.2. The molecule has 0 aliphatic heterocycles. The second-order valence-corrected chi connectivity index (χ2v) is 6.31. The summed E-state index contributed by atoms with van der Waals surface area (Å²) in [6, 6.07) is 10.3. The van der Waals surface area contributed by atoms with Crippen LogP contribution in [0.15, 0.2) is 61.5 Å². The molecule has 0 aliphatic carbocycles. The molecule has 3 aromatic rings. The molecular formula is C21H28N6. The summed E-state index contributed by atoms with van der Waals surface area (Å²) in [5.41, 5.74) is 10.2. The van der Waals surface area contributed by atoms with Crippen molar-refractivity contribution in [2.75, 3.05) is 5.73 Å². The second-order valence-electron chi connectivity index (χ2n) is 6.31. The Morgan fingerprint density at radius 1 is 1.19 bits per heavy atom. The second kappa shape index (κ2) is 10.8. The number of benzene rings is 1. The Morgan fingerprint density at radius 2 is 1.93 bits per heavy atom. The fourth-order valence-corrected chi connectivity index (χ4v) is 2.79. The SMILES string of the molecule is C/C(=C\c1ccccc1)Cn1cc(CCCCc2cnc(N)[nH]2)nn1.C=C. The third-order valence-corrected chi connectivity index (χ3v) is 3.99. The molecule has 3 rings (SSSR count). The molecule has 0 saturated heterocycles. The Kier molecular flexibility index (Phi) is 8.03. The quantitative estimate of drug-likeness (QED) is 0.466. The lowest BCUT2D eigenvalue weighted by Crippen LogP contribution is -1.99. The van der Waals surface area contributed by atoms with Gasteiger partial charge in [-0.3, -0.25) is 0 Å². The summed E-state index contributed by atoms with van der Waals surface area (Å²) >= 11 is 0. The number of hydrogen-bond donors (Lipinski definition) is 2. The number of nitrogens with two attached hydrogens (primary N) is 1. The van der Waals surface area contributed by atoms with Crippen molar-refractivity contribution in [2.24, 2.45) is 0 Å². The number of rotatable bonds is 8. The molecule has 0 fully saturated rings. The molecule has 2 aromatic heterocycles. The largest absolute Gasteiger partial charge is 0.369 e. The number of hydrogen-bond acceptors (Lipinski definition) is 4. The van der Waals surface area contributed by atoms with Crippen LogP contribution in [0.5, 0.6) is 0 Å². The molecule has 6 nitrogen and oxygen atoms in total. The van der Waals surface area contributed by atoms with Crippen molar-refractivity contribution in [2.45, 2.75) is 39.2 Å². The Balaban J connectivity index is 0.00000126. The lowest BCUT2D eigenvalue weighted by molar-refractivity contribution is 0.643. The molecule has 2 heterocycles. The van der Waals surface area contributed by atoms with Crippen LogP contribution in [0.2, 0.25) is 0 Å². The Labute approximate surface area is 160 Å². The van der Waals surface area contributed by atoms with Gasteiger partial charge in [0, 0.05) is 11.9 Å². The van der Waals surface area contributed by atoms with Crippen LogP contribution in [0.3, 0.4) is 0 Å². The van der Waals surface area contributed by atoms with Gasteiger partial charge in [-0.15, -0.1) is 18.3 Å². The number of nitrogens with one attached hydrogen (secondary N) is 1. The minimum Gasteiger partial charge on any atom is -0.369 e. The number of nitrogens with zero attached hydrogens (tertiary/aromatic N) is 4. The number of H-pyrrole nitrogens is 1. The summed E-state index contributed by atoms with van der Waals surface area (Å²) in [7, 11) is 0. The first-order valence-corrected chi connectivity index (χ1v) is 9.09. The predicted molar refractivity (Wildman–Crippen MR) is 111 cm³/mol. The van der Waals surface area contributed by atoms with Crippen LogP contribution in [0.25, 0.3) is 6.08 Å². The fourth-order valence-electron chi connectivity index (χ4n) is 2.79. The zero-order valence-corrected chi connectivity index (χ0v) is 15.9. The maximum Gasteiger partial charge on any atom is 0.197 e. The number of aromatic amines is 1. The van der Waals surface area contributed by atoms with Gasteiger partial charge in [-0.2, -0.15) is 0 Å². The average Bonchev–Trinajstić information content (AvgIpc) is 3.30. The number of aromatic nitrogens is 5.